The third-order valence-corrected chi connectivity index (χ3v) is 8.90. The zero-order chi connectivity index (χ0) is 23.3. The molecule has 0 saturated heterocycles. The van der Waals surface area contributed by atoms with E-state index in [1.165, 1.54) is 11.3 Å². The predicted octanol–water partition coefficient (Wildman–Crippen LogP) is 4.92. The number of aryl methyl sites for hydroxylation is 3. The van der Waals surface area contributed by atoms with Gasteiger partial charge in [-0.25, -0.2) is 0 Å². The number of fused-ring (bicyclic) bond motifs is 2. The highest BCUT2D eigenvalue weighted by Gasteiger charge is 2.27. The minimum absolute atomic E-state index is 0.0332. The smallest absolute Gasteiger partial charge is 0.304 e. The average molecular weight is 481 g/mol. The van der Waals surface area contributed by atoms with E-state index < -0.39 is 10.1 Å². The van der Waals surface area contributed by atoms with E-state index in [1.807, 2.05) is 50.2 Å². The maximum Gasteiger partial charge on any atom is 0.304 e. The van der Waals surface area contributed by atoms with Crippen molar-refractivity contribution in [1.29, 1.82) is 0 Å². The molecule has 1 N–H and O–H groups in total. The van der Waals surface area contributed by atoms with Crippen LogP contribution in [-0.2, 0) is 29.5 Å². The molecule has 33 heavy (non-hydrogen) atoms. The van der Waals surface area contributed by atoms with Gasteiger partial charge < -0.3 is 4.57 Å². The minimum atomic E-state index is -4.31. The van der Waals surface area contributed by atoms with Crippen molar-refractivity contribution in [2.75, 3.05) is 0 Å². The number of pyridine rings is 2. The Morgan fingerprint density at radius 3 is 2.52 bits per heavy atom. The lowest BCUT2D eigenvalue weighted by molar-refractivity contribution is 0.486. The van der Waals surface area contributed by atoms with Gasteiger partial charge in [-0.2, -0.15) is 8.42 Å². The summed E-state index contributed by atoms with van der Waals surface area (Å²) < 4.78 is 35.8. The number of aromatic nitrogens is 2. The summed E-state index contributed by atoms with van der Waals surface area (Å²) in [6.07, 6.45) is 3.71. The van der Waals surface area contributed by atoms with Crippen LogP contribution in [0.2, 0.25) is 0 Å². The van der Waals surface area contributed by atoms with Crippen molar-refractivity contribution in [2.45, 2.75) is 50.3 Å². The zero-order valence-electron chi connectivity index (χ0n) is 18.5. The molecule has 1 aromatic carbocycles. The molecular weight excluding hydrogens is 456 g/mol. The number of hydrogen-bond acceptors (Lipinski definition) is 5. The van der Waals surface area contributed by atoms with Gasteiger partial charge in [-0.3, -0.25) is 14.3 Å². The molecule has 0 aliphatic heterocycles. The van der Waals surface area contributed by atoms with Gasteiger partial charge in [0.15, 0.2) is 4.21 Å². The van der Waals surface area contributed by atoms with Crippen LogP contribution in [0.4, 0.5) is 0 Å². The fourth-order valence-electron chi connectivity index (χ4n) is 4.75. The van der Waals surface area contributed by atoms with Crippen LogP contribution in [0, 0.1) is 13.8 Å². The first kappa shape index (κ1) is 22.0. The molecule has 0 unspecified atom stereocenters. The summed E-state index contributed by atoms with van der Waals surface area (Å²) in [5.41, 5.74) is 5.86. The molecule has 1 aliphatic carbocycles. The first-order valence-electron chi connectivity index (χ1n) is 10.9. The molecule has 0 spiro atoms. The quantitative estimate of drug-likeness (QED) is 0.419. The van der Waals surface area contributed by atoms with Crippen LogP contribution in [0.1, 0.15) is 40.2 Å². The molecule has 3 aromatic heterocycles. The number of benzene rings is 1. The van der Waals surface area contributed by atoms with Gasteiger partial charge in [0.1, 0.15) is 0 Å². The fraction of sp³-hybridized carbons (Fsp3) is 0.280. The Morgan fingerprint density at radius 2 is 1.79 bits per heavy atom. The van der Waals surface area contributed by atoms with Crippen molar-refractivity contribution < 1.29 is 13.0 Å². The van der Waals surface area contributed by atoms with Crippen LogP contribution in [0.5, 0.6) is 0 Å². The van der Waals surface area contributed by atoms with Crippen LogP contribution < -0.4 is 5.56 Å². The van der Waals surface area contributed by atoms with E-state index >= 15 is 0 Å². The van der Waals surface area contributed by atoms with Gasteiger partial charge >= 0.3 is 10.1 Å². The Labute approximate surface area is 196 Å². The standard InChI is InChI=1S/C25H24N2O4S2/c1-15-13-21-19(16(2)26-15)11-12-23(28)27(21)14-17-7-9-18(10-8-17)24-20-5-3-4-6-22(20)32-25(24)33(29,30)31/h7-13H,3-6,14H2,1-2H3,(H,29,30,31). The lowest BCUT2D eigenvalue weighted by atomic mass is 9.92. The van der Waals surface area contributed by atoms with Gasteiger partial charge in [-0.1, -0.05) is 24.3 Å². The Bertz CT molecular complexity index is 1550. The molecular formula is C25H24N2O4S2. The molecule has 0 radical (unpaired) electrons. The molecule has 0 amide bonds. The van der Waals surface area contributed by atoms with E-state index in [1.54, 1.807) is 10.6 Å². The SMILES string of the molecule is Cc1cc2c(ccc(=O)n2Cc2ccc(-c3c(S(=O)(=O)O)sc4c3CCCC4)cc2)c(C)n1. The number of nitrogens with zero attached hydrogens (tertiary/aromatic N) is 2. The van der Waals surface area contributed by atoms with Crippen molar-refractivity contribution in [3.63, 3.8) is 0 Å². The molecule has 0 atom stereocenters. The molecule has 4 aromatic rings. The lowest BCUT2D eigenvalue weighted by Crippen LogP contribution is -2.20. The summed E-state index contributed by atoms with van der Waals surface area (Å²) in [6, 6.07) is 12.9. The molecule has 170 valence electrons. The molecule has 8 heteroatoms. The predicted molar refractivity (Wildman–Crippen MR) is 131 cm³/mol. The van der Waals surface area contributed by atoms with E-state index in [4.69, 9.17) is 0 Å². The van der Waals surface area contributed by atoms with Crippen molar-refractivity contribution in [3.8, 4) is 11.1 Å². The number of hydrogen-bond donors (Lipinski definition) is 1. The maximum absolute atomic E-state index is 12.7. The van der Waals surface area contributed by atoms with Crippen molar-refractivity contribution >= 4 is 32.4 Å². The molecule has 3 heterocycles. The van der Waals surface area contributed by atoms with E-state index in [0.29, 0.717) is 12.1 Å². The monoisotopic (exact) mass is 480 g/mol. The summed E-state index contributed by atoms with van der Waals surface area (Å²) in [7, 11) is -4.31. The zero-order valence-corrected chi connectivity index (χ0v) is 20.1. The Balaban J connectivity index is 1.56. The third kappa shape index (κ3) is 4.03. The van der Waals surface area contributed by atoms with E-state index in [2.05, 4.69) is 4.98 Å². The van der Waals surface area contributed by atoms with Crippen molar-refractivity contribution in [1.82, 2.24) is 9.55 Å². The second kappa shape index (κ2) is 8.20. The van der Waals surface area contributed by atoms with Crippen molar-refractivity contribution in [3.05, 3.63) is 80.2 Å². The topological polar surface area (TPSA) is 89.3 Å². The fourth-order valence-corrected chi connectivity index (χ4v) is 7.11. The number of thiophene rings is 1. The Kier molecular flexibility index (Phi) is 5.47. The first-order valence-corrected chi connectivity index (χ1v) is 13.2. The van der Waals surface area contributed by atoms with Crippen LogP contribution in [-0.4, -0.2) is 22.5 Å². The molecule has 0 bridgehead atoms. The van der Waals surface area contributed by atoms with Gasteiger partial charge in [0.05, 0.1) is 12.1 Å². The van der Waals surface area contributed by atoms with Gasteiger partial charge in [0, 0.05) is 33.3 Å². The molecule has 0 fully saturated rings. The van der Waals surface area contributed by atoms with Crippen LogP contribution >= 0.6 is 11.3 Å². The highest BCUT2D eigenvalue weighted by atomic mass is 32.3. The average Bonchev–Trinajstić information content (AvgIpc) is 3.16. The second-order valence-corrected chi connectivity index (χ2v) is 11.3. The van der Waals surface area contributed by atoms with Crippen molar-refractivity contribution in [2.24, 2.45) is 0 Å². The largest absolute Gasteiger partial charge is 0.304 e. The van der Waals surface area contributed by atoms with Crippen LogP contribution in [0.15, 0.2) is 51.5 Å². The summed E-state index contributed by atoms with van der Waals surface area (Å²) in [4.78, 5) is 18.2. The Hall–Kier alpha value is -2.81. The van der Waals surface area contributed by atoms with Gasteiger partial charge in [0.2, 0.25) is 0 Å². The van der Waals surface area contributed by atoms with Crippen LogP contribution in [0.25, 0.3) is 22.0 Å². The van der Waals surface area contributed by atoms with Gasteiger partial charge in [0.25, 0.3) is 5.56 Å². The summed E-state index contributed by atoms with van der Waals surface area (Å²) in [5.74, 6) is 0. The highest BCUT2D eigenvalue weighted by molar-refractivity contribution is 7.88. The molecule has 5 rings (SSSR count). The normalized spacial score (nSPS) is 13.9. The summed E-state index contributed by atoms with van der Waals surface area (Å²) >= 11 is 1.19. The van der Waals surface area contributed by atoms with Crippen LogP contribution in [0.3, 0.4) is 0 Å². The second-order valence-electron chi connectivity index (χ2n) is 8.58. The van der Waals surface area contributed by atoms with E-state index in [0.717, 1.165) is 69.5 Å². The summed E-state index contributed by atoms with van der Waals surface area (Å²) in [6.45, 7) is 4.25. The third-order valence-electron chi connectivity index (χ3n) is 6.26. The Morgan fingerprint density at radius 1 is 1.06 bits per heavy atom. The minimum Gasteiger partial charge on any atom is -0.304 e. The summed E-state index contributed by atoms with van der Waals surface area (Å²) in [5, 5.41) is 0.944. The van der Waals surface area contributed by atoms with E-state index in [9.17, 15) is 17.8 Å². The molecule has 0 saturated carbocycles. The number of rotatable bonds is 4. The maximum atomic E-state index is 12.7. The molecule has 1 aliphatic rings. The lowest BCUT2D eigenvalue weighted by Gasteiger charge is -2.14. The van der Waals surface area contributed by atoms with Gasteiger partial charge in [-0.15, -0.1) is 11.3 Å². The first-order chi connectivity index (χ1) is 15.7. The molecule has 6 nitrogen and oxygen atoms in total. The van der Waals surface area contributed by atoms with Gasteiger partial charge in [-0.05, 0) is 68.4 Å². The van der Waals surface area contributed by atoms with E-state index in [-0.39, 0.29) is 9.77 Å². The highest BCUT2D eigenvalue weighted by Crippen LogP contribution is 2.43.